The van der Waals surface area contributed by atoms with Crippen molar-refractivity contribution < 1.29 is 47.7 Å². The molecule has 3 atom stereocenters. The van der Waals surface area contributed by atoms with Crippen molar-refractivity contribution in [2.24, 2.45) is 5.92 Å². The van der Waals surface area contributed by atoms with Crippen LogP contribution in [-0.2, 0) is 30.3 Å². The number of amides is 2. The molecule has 1 aliphatic rings. The number of aliphatic carboxylic acids is 1. The smallest absolute Gasteiger partial charge is 0.317 e. The lowest BCUT2D eigenvalue weighted by atomic mass is 9.86. The molecule has 4 aromatic rings. The predicted octanol–water partition coefficient (Wildman–Crippen LogP) is 5.08. The van der Waals surface area contributed by atoms with Gasteiger partial charge in [0.15, 0.2) is 17.3 Å². The number of carboxylic acids is 1. The summed E-state index contributed by atoms with van der Waals surface area (Å²) in [6.45, 7) is 2.90. The Balaban J connectivity index is 1.50. The summed E-state index contributed by atoms with van der Waals surface area (Å²) in [5.41, 5.74) is 1.95. The van der Waals surface area contributed by atoms with Gasteiger partial charge in [0.2, 0.25) is 12.6 Å². The summed E-state index contributed by atoms with van der Waals surface area (Å²) in [7, 11) is 0. The van der Waals surface area contributed by atoms with E-state index in [0.717, 1.165) is 0 Å². The number of carbonyl (C=O) groups is 5. The third-order valence-corrected chi connectivity index (χ3v) is 8.23. The monoisotopic (exact) mass is 692 g/mol. The normalized spacial score (nSPS) is 13.1. The van der Waals surface area contributed by atoms with Gasteiger partial charge in [-0.3, -0.25) is 24.0 Å². The molecule has 262 valence electrons. The highest BCUT2D eigenvalue weighted by molar-refractivity contribution is 6.40. The van der Waals surface area contributed by atoms with Gasteiger partial charge in [0.1, 0.15) is 11.7 Å². The second-order valence-corrected chi connectivity index (χ2v) is 11.6. The van der Waals surface area contributed by atoms with Crippen LogP contribution in [0.3, 0.4) is 0 Å². The van der Waals surface area contributed by atoms with Crippen LogP contribution in [0, 0.1) is 17.8 Å². The number of anilines is 1. The maximum Gasteiger partial charge on any atom is 0.317 e. The third kappa shape index (κ3) is 9.21. The fraction of sp³-hybridized carbons (Fsp3) is 0.256. The van der Waals surface area contributed by atoms with Crippen molar-refractivity contribution in [1.29, 1.82) is 0 Å². The van der Waals surface area contributed by atoms with E-state index in [-0.39, 0.29) is 32.1 Å². The molecular formula is C39H36N2O10. The van der Waals surface area contributed by atoms with Crippen LogP contribution in [0.25, 0.3) is 0 Å². The molecule has 0 aliphatic carbocycles. The molecule has 3 unspecified atom stereocenters. The Morgan fingerprint density at radius 1 is 0.922 bits per heavy atom. The summed E-state index contributed by atoms with van der Waals surface area (Å²) in [6.07, 6.45) is -0.771. The van der Waals surface area contributed by atoms with E-state index < -0.39 is 53.8 Å². The van der Waals surface area contributed by atoms with Crippen LogP contribution < -0.4 is 14.8 Å². The van der Waals surface area contributed by atoms with E-state index in [2.05, 4.69) is 17.2 Å². The Kier molecular flexibility index (Phi) is 11.9. The fourth-order valence-corrected chi connectivity index (χ4v) is 5.61. The highest BCUT2D eigenvalue weighted by Gasteiger charge is 2.40. The molecule has 2 N–H and O–H groups in total. The summed E-state index contributed by atoms with van der Waals surface area (Å²) < 4.78 is 22.1. The van der Waals surface area contributed by atoms with Crippen molar-refractivity contribution in [3.05, 3.63) is 114 Å². The minimum absolute atomic E-state index is 0.0318. The van der Waals surface area contributed by atoms with Gasteiger partial charge >= 0.3 is 11.9 Å². The van der Waals surface area contributed by atoms with Crippen LogP contribution in [0.2, 0.25) is 0 Å². The number of benzene rings is 3. The zero-order valence-electron chi connectivity index (χ0n) is 28.0. The summed E-state index contributed by atoms with van der Waals surface area (Å²) in [5.74, 6) is -0.354. The number of hydrogen-bond donors (Lipinski definition) is 2. The first-order chi connectivity index (χ1) is 24.6. The molecule has 2 amide bonds. The second kappa shape index (κ2) is 16.8. The second-order valence-electron chi connectivity index (χ2n) is 11.6. The quantitative estimate of drug-likeness (QED) is 0.0789. The zero-order chi connectivity index (χ0) is 36.3. The van der Waals surface area contributed by atoms with Crippen molar-refractivity contribution in [3.63, 3.8) is 0 Å². The maximum atomic E-state index is 14.1. The average molecular weight is 693 g/mol. The van der Waals surface area contributed by atoms with E-state index in [0.29, 0.717) is 34.1 Å². The van der Waals surface area contributed by atoms with Crippen LogP contribution in [0.15, 0.2) is 95.4 Å². The van der Waals surface area contributed by atoms with Gasteiger partial charge < -0.3 is 34.0 Å². The van der Waals surface area contributed by atoms with Crippen LogP contribution in [0.1, 0.15) is 53.6 Å². The standard InChI is InChI=1S/C39H36N2O10/c1-3-48-39(47)31(23-35(42)43)36(44)38(46)41(20-10-13-26-11-6-4-7-12-26)25(2)30(27-16-18-32-34(21-27)50-24-49-32)22-29-17-19-33(51-29)37(45)40-28-14-8-5-9-15-28/h4-9,11-12,14-19,21,25,30-31H,3,20,22-24H2,1-2H3,(H,40,45)(H,42,43). The fourth-order valence-electron chi connectivity index (χ4n) is 5.61. The van der Waals surface area contributed by atoms with Crippen LogP contribution >= 0.6 is 0 Å². The number of carbonyl (C=O) groups excluding carboxylic acids is 4. The summed E-state index contributed by atoms with van der Waals surface area (Å²) in [4.78, 5) is 66.3. The minimum atomic E-state index is -1.86. The number of carboxylic acid groups (broad SMARTS) is 1. The molecular weight excluding hydrogens is 656 g/mol. The summed E-state index contributed by atoms with van der Waals surface area (Å²) >= 11 is 0. The predicted molar refractivity (Wildman–Crippen MR) is 184 cm³/mol. The Hall–Kier alpha value is -6.35. The molecule has 0 bridgehead atoms. The molecule has 2 heterocycles. The molecule has 0 saturated heterocycles. The Morgan fingerprint density at radius 2 is 1.63 bits per heavy atom. The summed E-state index contributed by atoms with van der Waals surface area (Å²) in [6, 6.07) is 25.6. The van der Waals surface area contributed by atoms with Gasteiger partial charge in [-0.25, -0.2) is 0 Å². The Bertz CT molecular complexity index is 1940. The molecule has 0 fully saturated rings. The molecule has 0 radical (unpaired) electrons. The average Bonchev–Trinajstić information content (AvgIpc) is 3.81. The molecule has 12 heteroatoms. The number of nitrogens with one attached hydrogen (secondary N) is 1. The molecule has 51 heavy (non-hydrogen) atoms. The van der Waals surface area contributed by atoms with Gasteiger partial charge in [0.05, 0.1) is 19.6 Å². The number of nitrogens with zero attached hydrogens (tertiary/aromatic N) is 1. The number of fused-ring (bicyclic) bond motifs is 1. The number of hydrogen-bond acceptors (Lipinski definition) is 9. The topological polar surface area (TPSA) is 162 Å². The molecule has 1 aromatic heterocycles. The highest BCUT2D eigenvalue weighted by atomic mass is 16.7. The van der Waals surface area contributed by atoms with Gasteiger partial charge in [0.25, 0.3) is 11.8 Å². The largest absolute Gasteiger partial charge is 0.481 e. The Labute approximate surface area is 294 Å². The van der Waals surface area contributed by atoms with Gasteiger partial charge in [-0.05, 0) is 67.9 Å². The zero-order valence-corrected chi connectivity index (χ0v) is 28.0. The molecule has 5 rings (SSSR count). The van der Waals surface area contributed by atoms with Gasteiger partial charge in [0, 0.05) is 29.6 Å². The number of rotatable bonds is 14. The Morgan fingerprint density at radius 3 is 2.33 bits per heavy atom. The van der Waals surface area contributed by atoms with Crippen molar-refractivity contribution in [2.75, 3.05) is 25.3 Å². The van der Waals surface area contributed by atoms with E-state index in [1.807, 2.05) is 24.3 Å². The van der Waals surface area contributed by atoms with Gasteiger partial charge in [-0.1, -0.05) is 54.3 Å². The molecule has 0 saturated carbocycles. The number of furan rings is 1. The van der Waals surface area contributed by atoms with Crippen LogP contribution in [0.4, 0.5) is 5.69 Å². The number of ether oxygens (including phenoxy) is 3. The van der Waals surface area contributed by atoms with Crippen molar-refractivity contribution in [2.45, 2.75) is 38.6 Å². The SMILES string of the molecule is CCOC(=O)C(CC(=O)O)C(=O)C(=O)N(CC#Cc1ccccc1)C(C)C(Cc1ccc(C(=O)Nc2ccccc2)o1)c1ccc2c(c1)OCO2. The third-order valence-electron chi connectivity index (χ3n) is 8.23. The minimum Gasteiger partial charge on any atom is -0.481 e. The van der Waals surface area contributed by atoms with Crippen LogP contribution in [0.5, 0.6) is 11.5 Å². The van der Waals surface area contributed by atoms with Crippen molar-refractivity contribution in [1.82, 2.24) is 4.90 Å². The summed E-state index contributed by atoms with van der Waals surface area (Å²) in [5, 5.41) is 12.3. The molecule has 0 spiro atoms. The number of esters is 1. The number of Topliss-reactive ketones (excluding diaryl/α,β-unsaturated/α-hetero) is 1. The van der Waals surface area contributed by atoms with E-state index in [9.17, 15) is 29.1 Å². The van der Waals surface area contributed by atoms with E-state index in [4.69, 9.17) is 18.6 Å². The van der Waals surface area contributed by atoms with E-state index in [1.54, 1.807) is 73.7 Å². The maximum absolute atomic E-state index is 14.1. The molecule has 12 nitrogen and oxygen atoms in total. The van der Waals surface area contributed by atoms with Gasteiger partial charge in [-0.2, -0.15) is 0 Å². The van der Waals surface area contributed by atoms with Gasteiger partial charge in [-0.15, -0.1) is 0 Å². The number of ketones is 1. The van der Waals surface area contributed by atoms with E-state index >= 15 is 0 Å². The lowest BCUT2D eigenvalue weighted by Gasteiger charge is -2.34. The first-order valence-corrected chi connectivity index (χ1v) is 16.3. The molecule has 3 aromatic carbocycles. The highest BCUT2D eigenvalue weighted by Crippen LogP contribution is 2.38. The lowest BCUT2D eigenvalue weighted by Crippen LogP contribution is -2.49. The first-order valence-electron chi connectivity index (χ1n) is 16.3. The van der Waals surface area contributed by atoms with Crippen molar-refractivity contribution in [3.8, 4) is 23.3 Å². The lowest BCUT2D eigenvalue weighted by molar-refractivity contribution is -0.160. The number of para-hydroxylation sites is 1. The van der Waals surface area contributed by atoms with Crippen molar-refractivity contribution >= 4 is 35.2 Å². The van der Waals surface area contributed by atoms with E-state index in [1.165, 1.54) is 11.8 Å². The first kappa shape index (κ1) is 35.9. The van der Waals surface area contributed by atoms with Crippen LogP contribution in [-0.4, -0.2) is 65.5 Å². The molecule has 1 aliphatic heterocycles.